The van der Waals surface area contributed by atoms with Crippen LogP contribution in [0.5, 0.6) is 0 Å². The molecule has 1 aromatic rings. The molecule has 19 heavy (non-hydrogen) atoms. The molecule has 5 nitrogen and oxygen atoms in total. The summed E-state index contributed by atoms with van der Waals surface area (Å²) in [6.07, 6.45) is 0. The van der Waals surface area contributed by atoms with Gasteiger partial charge in [-0.05, 0) is 32.0 Å². The Morgan fingerprint density at radius 2 is 1.79 bits per heavy atom. The molecule has 0 bridgehead atoms. The molecule has 0 N–H and O–H groups in total. The summed E-state index contributed by atoms with van der Waals surface area (Å²) in [6, 6.07) is 7.40. The lowest BCUT2D eigenvalue weighted by molar-refractivity contribution is 0.582. The lowest BCUT2D eigenvalue weighted by atomic mass is 10.2. The van der Waals surface area contributed by atoms with Gasteiger partial charge in [0, 0.05) is 0 Å². The number of hydrogen-bond donors (Lipinski definition) is 0. The number of benzene rings is 1. The van der Waals surface area contributed by atoms with Gasteiger partial charge in [-0.1, -0.05) is 6.07 Å². The third-order valence-corrected chi connectivity index (χ3v) is 6.86. The van der Waals surface area contributed by atoms with Crippen LogP contribution in [0.15, 0.2) is 29.2 Å². The van der Waals surface area contributed by atoms with Gasteiger partial charge in [-0.25, -0.2) is 16.8 Å². The highest BCUT2D eigenvalue weighted by Gasteiger charge is 2.22. The average molecular weight is 301 g/mol. The summed E-state index contributed by atoms with van der Waals surface area (Å²) in [5.41, 5.74) is 0.229. The molecule has 0 atom stereocenters. The molecule has 0 fully saturated rings. The molecular weight excluding hydrogens is 286 g/mol. The van der Waals surface area contributed by atoms with E-state index in [9.17, 15) is 16.8 Å². The van der Waals surface area contributed by atoms with Gasteiger partial charge in [0.15, 0.2) is 19.7 Å². The minimum absolute atomic E-state index is 0.0227. The summed E-state index contributed by atoms with van der Waals surface area (Å²) in [7, 11) is -7.09. The highest BCUT2D eigenvalue weighted by Crippen LogP contribution is 2.14. The van der Waals surface area contributed by atoms with Crippen molar-refractivity contribution in [2.24, 2.45) is 0 Å². The fraction of sp³-hybridized carbons (Fsp3) is 0.417. The summed E-state index contributed by atoms with van der Waals surface area (Å²) in [6.45, 7) is 3.02. The molecule has 0 unspecified atom stereocenters. The van der Waals surface area contributed by atoms with E-state index < -0.39 is 36.4 Å². The van der Waals surface area contributed by atoms with Crippen molar-refractivity contribution in [1.82, 2.24) is 0 Å². The van der Waals surface area contributed by atoms with Crippen molar-refractivity contribution in [2.45, 2.75) is 24.0 Å². The Balaban J connectivity index is 2.97. The first-order valence-corrected chi connectivity index (χ1v) is 9.00. The Labute approximate surface area is 113 Å². The molecule has 0 aliphatic heterocycles. The van der Waals surface area contributed by atoms with E-state index in [-0.39, 0.29) is 10.5 Å². The lowest BCUT2D eigenvalue weighted by Crippen LogP contribution is -2.23. The maximum absolute atomic E-state index is 12.0. The monoisotopic (exact) mass is 301 g/mol. The van der Waals surface area contributed by atoms with Crippen LogP contribution in [0.2, 0.25) is 0 Å². The van der Waals surface area contributed by atoms with Crippen molar-refractivity contribution in [3.05, 3.63) is 29.8 Å². The second kappa shape index (κ2) is 5.72. The summed E-state index contributed by atoms with van der Waals surface area (Å²) in [5.74, 6) is -0.883. The molecule has 0 heterocycles. The van der Waals surface area contributed by atoms with E-state index in [1.165, 1.54) is 38.1 Å². The first kappa shape index (κ1) is 15.7. The molecule has 0 amide bonds. The molecule has 0 aliphatic rings. The van der Waals surface area contributed by atoms with Crippen molar-refractivity contribution < 1.29 is 16.8 Å². The SMILES string of the molecule is CC(C)S(=O)(=O)CCS(=O)(=O)c1cccc(C#N)c1. The Kier molecular flexibility index (Phi) is 4.71. The maximum atomic E-state index is 12.0. The van der Waals surface area contributed by atoms with Crippen LogP contribution in [0.4, 0.5) is 0 Å². The molecule has 0 saturated carbocycles. The van der Waals surface area contributed by atoms with E-state index in [2.05, 4.69) is 0 Å². The van der Waals surface area contributed by atoms with Crippen LogP contribution in [0.25, 0.3) is 0 Å². The number of hydrogen-bond acceptors (Lipinski definition) is 5. The summed E-state index contributed by atoms with van der Waals surface area (Å²) in [4.78, 5) is -0.0227. The second-order valence-corrected chi connectivity index (χ2v) is 9.16. The number of rotatable bonds is 5. The van der Waals surface area contributed by atoms with Gasteiger partial charge in [0.1, 0.15) is 0 Å². The zero-order valence-electron chi connectivity index (χ0n) is 10.7. The van der Waals surface area contributed by atoms with E-state index in [1.54, 1.807) is 0 Å². The molecule has 0 spiro atoms. The van der Waals surface area contributed by atoms with Gasteiger partial charge in [0.25, 0.3) is 0 Å². The summed E-state index contributed by atoms with van der Waals surface area (Å²) < 4.78 is 47.2. The second-order valence-electron chi connectivity index (χ2n) is 4.37. The topological polar surface area (TPSA) is 92.1 Å². The van der Waals surface area contributed by atoms with Crippen LogP contribution < -0.4 is 0 Å². The van der Waals surface area contributed by atoms with Crippen molar-refractivity contribution in [3.8, 4) is 6.07 Å². The number of nitriles is 1. The van der Waals surface area contributed by atoms with Gasteiger partial charge >= 0.3 is 0 Å². The minimum atomic E-state index is -3.69. The molecule has 0 saturated heterocycles. The molecule has 1 aromatic carbocycles. The van der Waals surface area contributed by atoms with Crippen LogP contribution >= 0.6 is 0 Å². The van der Waals surface area contributed by atoms with Gasteiger partial charge in [-0.3, -0.25) is 0 Å². The Morgan fingerprint density at radius 1 is 1.16 bits per heavy atom. The van der Waals surface area contributed by atoms with E-state index in [0.717, 1.165) is 0 Å². The van der Waals surface area contributed by atoms with E-state index in [0.29, 0.717) is 0 Å². The quantitative estimate of drug-likeness (QED) is 0.813. The van der Waals surface area contributed by atoms with Crippen molar-refractivity contribution in [1.29, 1.82) is 5.26 Å². The van der Waals surface area contributed by atoms with Crippen molar-refractivity contribution >= 4 is 19.7 Å². The average Bonchev–Trinajstić information content (AvgIpc) is 2.36. The zero-order chi connectivity index (χ0) is 14.7. The Bertz CT molecular complexity index is 697. The van der Waals surface area contributed by atoms with Crippen molar-refractivity contribution in [3.63, 3.8) is 0 Å². The van der Waals surface area contributed by atoms with Crippen LogP contribution in [-0.2, 0) is 19.7 Å². The summed E-state index contributed by atoms with van der Waals surface area (Å²) in [5, 5.41) is 8.12. The van der Waals surface area contributed by atoms with Crippen molar-refractivity contribution in [2.75, 3.05) is 11.5 Å². The predicted octanol–water partition coefficient (Wildman–Crippen LogP) is 1.16. The first-order valence-electron chi connectivity index (χ1n) is 5.63. The van der Waals surface area contributed by atoms with Gasteiger partial charge in [-0.2, -0.15) is 5.26 Å². The fourth-order valence-electron chi connectivity index (χ4n) is 1.34. The van der Waals surface area contributed by atoms with Gasteiger partial charge in [0.05, 0.1) is 33.3 Å². The van der Waals surface area contributed by atoms with Crippen LogP contribution in [-0.4, -0.2) is 33.6 Å². The fourth-order valence-corrected chi connectivity index (χ4v) is 4.44. The highest BCUT2D eigenvalue weighted by molar-refractivity contribution is 7.95. The van der Waals surface area contributed by atoms with E-state index in [1.807, 2.05) is 6.07 Å². The molecular formula is C12H15NO4S2. The van der Waals surface area contributed by atoms with Crippen LogP contribution in [0, 0.1) is 11.3 Å². The first-order chi connectivity index (χ1) is 8.69. The number of sulfone groups is 2. The van der Waals surface area contributed by atoms with Gasteiger partial charge in [0.2, 0.25) is 0 Å². The maximum Gasteiger partial charge on any atom is 0.179 e. The van der Waals surface area contributed by atoms with Crippen LogP contribution in [0.3, 0.4) is 0 Å². The third kappa shape index (κ3) is 4.04. The zero-order valence-corrected chi connectivity index (χ0v) is 12.3. The minimum Gasteiger partial charge on any atom is -0.229 e. The standard InChI is InChI=1S/C12H15NO4S2/c1-10(2)18(14,15)6-7-19(16,17)12-5-3-4-11(8-12)9-13/h3-5,8,10H,6-7H2,1-2H3. The third-order valence-electron chi connectivity index (χ3n) is 2.68. The molecule has 0 aliphatic carbocycles. The molecule has 0 aromatic heterocycles. The van der Waals surface area contributed by atoms with E-state index in [4.69, 9.17) is 5.26 Å². The Hall–Kier alpha value is -1.39. The molecule has 104 valence electrons. The van der Waals surface area contributed by atoms with Gasteiger partial charge < -0.3 is 0 Å². The smallest absolute Gasteiger partial charge is 0.179 e. The van der Waals surface area contributed by atoms with Crippen LogP contribution in [0.1, 0.15) is 19.4 Å². The Morgan fingerprint density at radius 3 is 2.32 bits per heavy atom. The normalized spacial score (nSPS) is 12.3. The van der Waals surface area contributed by atoms with E-state index >= 15 is 0 Å². The predicted molar refractivity (Wildman–Crippen MR) is 72.1 cm³/mol. The highest BCUT2D eigenvalue weighted by atomic mass is 32.2. The largest absolute Gasteiger partial charge is 0.229 e. The van der Waals surface area contributed by atoms with Gasteiger partial charge in [-0.15, -0.1) is 0 Å². The summed E-state index contributed by atoms with van der Waals surface area (Å²) >= 11 is 0. The number of nitrogens with zero attached hydrogens (tertiary/aromatic N) is 1. The molecule has 7 heteroatoms. The molecule has 0 radical (unpaired) electrons. The lowest BCUT2D eigenvalue weighted by Gasteiger charge is -2.08. The molecule has 1 rings (SSSR count).